The lowest BCUT2D eigenvalue weighted by Gasteiger charge is -2.00. The number of aromatic nitrogens is 2. The first kappa shape index (κ1) is 8.00. The van der Waals surface area contributed by atoms with Crippen LogP contribution in [0.2, 0.25) is 0 Å². The molecule has 0 unspecified atom stereocenters. The molecule has 3 rings (SSSR count). The maximum Gasteiger partial charge on any atom is 0.0706 e. The maximum atomic E-state index is 4.29. The standard InChI is InChI=1S/C11H13N3/c1-2-6-14-11(3-1)9(8-13-14)7-12-10-4-5-10/h1-3,6,8,10,12H,4-5,7H2. The van der Waals surface area contributed by atoms with E-state index in [1.165, 1.54) is 23.9 Å². The molecule has 2 aromatic heterocycles. The first-order valence-electron chi connectivity index (χ1n) is 5.08. The minimum atomic E-state index is 0.758. The van der Waals surface area contributed by atoms with Crippen LogP contribution in [0.5, 0.6) is 0 Å². The van der Waals surface area contributed by atoms with Crippen molar-refractivity contribution in [3.63, 3.8) is 0 Å². The van der Waals surface area contributed by atoms with Gasteiger partial charge >= 0.3 is 0 Å². The average Bonchev–Trinajstić information content (AvgIpc) is 2.96. The van der Waals surface area contributed by atoms with Gasteiger partial charge in [0, 0.05) is 24.3 Å². The van der Waals surface area contributed by atoms with Crippen molar-refractivity contribution in [2.24, 2.45) is 0 Å². The molecular formula is C11H13N3. The molecule has 0 amide bonds. The highest BCUT2D eigenvalue weighted by Gasteiger charge is 2.20. The Labute approximate surface area is 82.7 Å². The number of fused-ring (bicyclic) bond motifs is 1. The summed E-state index contributed by atoms with van der Waals surface area (Å²) in [6.45, 7) is 0.943. The van der Waals surface area contributed by atoms with Crippen LogP contribution in [0.25, 0.3) is 5.52 Å². The van der Waals surface area contributed by atoms with Crippen molar-refractivity contribution in [2.45, 2.75) is 25.4 Å². The lowest BCUT2D eigenvalue weighted by Crippen LogP contribution is -2.14. The summed E-state index contributed by atoms with van der Waals surface area (Å²) in [5.74, 6) is 0. The summed E-state index contributed by atoms with van der Waals surface area (Å²) in [5.41, 5.74) is 2.50. The van der Waals surface area contributed by atoms with Crippen LogP contribution in [0, 0.1) is 0 Å². The predicted octanol–water partition coefficient (Wildman–Crippen LogP) is 1.59. The van der Waals surface area contributed by atoms with Gasteiger partial charge in [-0.25, -0.2) is 4.52 Å². The Morgan fingerprint density at radius 1 is 1.43 bits per heavy atom. The smallest absolute Gasteiger partial charge is 0.0706 e. The van der Waals surface area contributed by atoms with E-state index in [4.69, 9.17) is 0 Å². The van der Waals surface area contributed by atoms with Crippen molar-refractivity contribution in [1.29, 1.82) is 0 Å². The van der Waals surface area contributed by atoms with Gasteiger partial charge < -0.3 is 5.32 Å². The molecule has 0 bridgehead atoms. The molecule has 3 nitrogen and oxygen atoms in total. The van der Waals surface area contributed by atoms with Crippen LogP contribution in [0.4, 0.5) is 0 Å². The normalized spacial score (nSPS) is 16.3. The van der Waals surface area contributed by atoms with Crippen LogP contribution >= 0.6 is 0 Å². The number of hydrogen-bond acceptors (Lipinski definition) is 2. The van der Waals surface area contributed by atoms with Gasteiger partial charge in [0.15, 0.2) is 0 Å². The summed E-state index contributed by atoms with van der Waals surface area (Å²) in [6, 6.07) is 6.92. The van der Waals surface area contributed by atoms with Crippen molar-refractivity contribution in [2.75, 3.05) is 0 Å². The molecule has 3 heteroatoms. The van der Waals surface area contributed by atoms with Crippen LogP contribution in [-0.2, 0) is 6.54 Å². The monoisotopic (exact) mass is 187 g/mol. The third-order valence-electron chi connectivity index (χ3n) is 2.66. The minimum absolute atomic E-state index is 0.758. The van der Waals surface area contributed by atoms with Crippen molar-refractivity contribution >= 4 is 5.52 Å². The van der Waals surface area contributed by atoms with Gasteiger partial charge in [-0.2, -0.15) is 5.10 Å². The Hall–Kier alpha value is -1.35. The third-order valence-corrected chi connectivity index (χ3v) is 2.66. The van der Waals surface area contributed by atoms with Gasteiger partial charge in [0.25, 0.3) is 0 Å². The molecule has 0 saturated heterocycles. The number of rotatable bonds is 3. The molecule has 1 saturated carbocycles. The van der Waals surface area contributed by atoms with Crippen molar-refractivity contribution < 1.29 is 0 Å². The lowest BCUT2D eigenvalue weighted by molar-refractivity contribution is 0.691. The molecule has 2 heterocycles. The molecule has 0 aliphatic heterocycles. The molecule has 0 atom stereocenters. The summed E-state index contributed by atoms with van der Waals surface area (Å²) in [7, 11) is 0. The molecule has 2 aromatic rings. The summed E-state index contributed by atoms with van der Waals surface area (Å²) in [6.07, 6.45) is 6.60. The van der Waals surface area contributed by atoms with Gasteiger partial charge in [0.1, 0.15) is 0 Å². The van der Waals surface area contributed by atoms with E-state index in [9.17, 15) is 0 Å². The zero-order valence-electron chi connectivity index (χ0n) is 7.98. The number of pyridine rings is 1. The fourth-order valence-corrected chi connectivity index (χ4v) is 1.67. The molecule has 0 radical (unpaired) electrons. The van der Waals surface area contributed by atoms with Gasteiger partial charge in [0.2, 0.25) is 0 Å². The fraction of sp³-hybridized carbons (Fsp3) is 0.364. The zero-order chi connectivity index (χ0) is 9.38. The highest BCUT2D eigenvalue weighted by molar-refractivity contribution is 5.53. The number of nitrogens with zero attached hydrogens (tertiary/aromatic N) is 2. The molecular weight excluding hydrogens is 174 g/mol. The predicted molar refractivity (Wildman–Crippen MR) is 55.1 cm³/mol. The van der Waals surface area contributed by atoms with Crippen molar-refractivity contribution in [1.82, 2.24) is 14.9 Å². The molecule has 0 spiro atoms. The van der Waals surface area contributed by atoms with Crippen LogP contribution in [-0.4, -0.2) is 15.7 Å². The molecule has 1 fully saturated rings. The van der Waals surface area contributed by atoms with E-state index >= 15 is 0 Å². The minimum Gasteiger partial charge on any atom is -0.310 e. The average molecular weight is 187 g/mol. The molecule has 0 aromatic carbocycles. The molecule has 72 valence electrons. The van der Waals surface area contributed by atoms with E-state index in [1.54, 1.807) is 0 Å². The Morgan fingerprint density at radius 3 is 3.21 bits per heavy atom. The quantitative estimate of drug-likeness (QED) is 0.790. The van der Waals surface area contributed by atoms with Crippen molar-refractivity contribution in [3.05, 3.63) is 36.2 Å². The van der Waals surface area contributed by atoms with E-state index in [2.05, 4.69) is 22.5 Å². The molecule has 1 aliphatic rings. The van der Waals surface area contributed by atoms with Gasteiger partial charge in [0.05, 0.1) is 11.7 Å². The SMILES string of the molecule is c1ccn2ncc(CNC3CC3)c2c1. The second-order valence-electron chi connectivity index (χ2n) is 3.86. The van der Waals surface area contributed by atoms with Gasteiger partial charge in [-0.15, -0.1) is 0 Å². The van der Waals surface area contributed by atoms with Crippen LogP contribution in [0.15, 0.2) is 30.6 Å². The second-order valence-corrected chi connectivity index (χ2v) is 3.86. The summed E-state index contributed by atoms with van der Waals surface area (Å²) in [5, 5.41) is 7.79. The second kappa shape index (κ2) is 3.10. The highest BCUT2D eigenvalue weighted by atomic mass is 15.2. The Kier molecular flexibility index (Phi) is 1.77. The Morgan fingerprint density at radius 2 is 2.36 bits per heavy atom. The van der Waals surface area contributed by atoms with Gasteiger partial charge in [-0.05, 0) is 25.0 Å². The first-order valence-corrected chi connectivity index (χ1v) is 5.08. The van der Waals surface area contributed by atoms with Crippen LogP contribution in [0.3, 0.4) is 0 Å². The summed E-state index contributed by atoms with van der Waals surface area (Å²) >= 11 is 0. The summed E-state index contributed by atoms with van der Waals surface area (Å²) in [4.78, 5) is 0. The topological polar surface area (TPSA) is 29.3 Å². The molecule has 1 aliphatic carbocycles. The van der Waals surface area contributed by atoms with E-state index < -0.39 is 0 Å². The Balaban J connectivity index is 1.87. The van der Waals surface area contributed by atoms with Crippen molar-refractivity contribution in [3.8, 4) is 0 Å². The maximum absolute atomic E-state index is 4.29. The van der Waals surface area contributed by atoms with E-state index in [0.29, 0.717) is 0 Å². The highest BCUT2D eigenvalue weighted by Crippen LogP contribution is 2.20. The van der Waals surface area contributed by atoms with Gasteiger partial charge in [-0.1, -0.05) is 6.07 Å². The summed E-state index contributed by atoms with van der Waals surface area (Å²) < 4.78 is 1.92. The number of hydrogen-bond donors (Lipinski definition) is 1. The number of nitrogens with one attached hydrogen (secondary N) is 1. The lowest BCUT2D eigenvalue weighted by atomic mass is 10.2. The fourth-order valence-electron chi connectivity index (χ4n) is 1.67. The largest absolute Gasteiger partial charge is 0.310 e. The zero-order valence-corrected chi connectivity index (χ0v) is 7.98. The van der Waals surface area contributed by atoms with E-state index in [0.717, 1.165) is 12.6 Å². The van der Waals surface area contributed by atoms with E-state index in [1.807, 2.05) is 23.0 Å². The third kappa shape index (κ3) is 1.40. The molecule has 14 heavy (non-hydrogen) atoms. The van der Waals surface area contributed by atoms with Crippen LogP contribution in [0.1, 0.15) is 18.4 Å². The molecule has 1 N–H and O–H groups in total. The van der Waals surface area contributed by atoms with E-state index in [-0.39, 0.29) is 0 Å². The Bertz CT molecular complexity index is 442. The van der Waals surface area contributed by atoms with Crippen LogP contribution < -0.4 is 5.32 Å². The first-order chi connectivity index (χ1) is 6.93. The van der Waals surface area contributed by atoms with Gasteiger partial charge in [-0.3, -0.25) is 0 Å².